The van der Waals surface area contributed by atoms with Crippen LogP contribution in [0.2, 0.25) is 0 Å². The molecule has 83 heavy (non-hydrogen) atoms. The van der Waals surface area contributed by atoms with Gasteiger partial charge in [-0.1, -0.05) is 0 Å². The van der Waals surface area contributed by atoms with E-state index < -0.39 is 202 Å². The number of nitro benzene ring substituents is 1. The molecule has 0 aliphatic rings. The highest BCUT2D eigenvalue weighted by Gasteiger charge is 2.31. The van der Waals surface area contributed by atoms with Crippen LogP contribution in [0.4, 0.5) is 39.8 Å². The van der Waals surface area contributed by atoms with Crippen LogP contribution in [0.25, 0.3) is 21.5 Å². The van der Waals surface area contributed by atoms with Crippen LogP contribution in [0.5, 0.6) is 0 Å². The van der Waals surface area contributed by atoms with E-state index in [2.05, 4.69) is 10.6 Å². The minimum Gasteiger partial charge on any atom is -0.478 e. The van der Waals surface area contributed by atoms with Gasteiger partial charge in [-0.3, -0.25) is 66.4 Å². The average molecular weight is 1270 g/mol. The maximum Gasteiger partial charge on any atom is 0.335 e. The first-order valence-electron chi connectivity index (χ1n) is 21.4. The van der Waals surface area contributed by atoms with Gasteiger partial charge in [-0.2, -0.15) is 50.5 Å². The summed E-state index contributed by atoms with van der Waals surface area (Å²) in [5, 5.41) is 32.6. The fraction of sp³-hybridized carbons (Fsp3) is 0. The number of fused-ring (bicyclic) bond motifs is 2. The van der Waals surface area contributed by atoms with E-state index >= 15 is 0 Å². The van der Waals surface area contributed by atoms with Gasteiger partial charge in [0, 0.05) is 44.8 Å². The van der Waals surface area contributed by atoms with Crippen LogP contribution < -0.4 is 20.4 Å². The lowest BCUT2D eigenvalue weighted by atomic mass is 10.1. The average Bonchev–Trinajstić information content (AvgIpc) is 1.46. The predicted molar refractivity (Wildman–Crippen MR) is 279 cm³/mol. The first-order chi connectivity index (χ1) is 38.1. The summed E-state index contributed by atoms with van der Waals surface area (Å²) in [6.07, 6.45) is -0.222. The molecule has 0 spiro atoms. The van der Waals surface area contributed by atoms with Crippen molar-refractivity contribution in [3.63, 3.8) is 0 Å². The molecule has 7 aromatic carbocycles. The number of hydrogen-bond acceptors (Lipinski definition) is 20. The maximum atomic E-state index is 14.0. The minimum atomic E-state index is -5.66. The third-order valence-corrected chi connectivity index (χ3v) is 16.7. The summed E-state index contributed by atoms with van der Waals surface area (Å²) >= 11 is 0. The normalized spacial score (nSPS) is 12.3. The standard InChI is InChI=1S/C44H29N5O28S6/c50-18-47(24-7-20(5-22(9-24)43(54)55)41(52)45-33-1-3-35(80(66,67)68)31-14-29(78(60,61)62)16-37(39(31)33)82(72,73)74)26-11-27(13-28(12-26)49(58)59)48(19-51)25-8-21(6-23(10-25)44(56)57)42(53)46-34-2-4-36(81(69,70)71)32-15-30(79(63,64)65)17-38(40(32)34)83(75,76)77/h1-19H,(H,45,52)(H,46,53)(H,54,55)(H,56,57)(H,60,61,62)(H,63,64,65)(H,66,67,68)(H,69,70,71)(H,72,73,74)(H,75,76,77). The topological polar surface area (TPSA) is 543 Å². The molecule has 0 atom stereocenters. The van der Waals surface area contributed by atoms with Crippen LogP contribution in [0.3, 0.4) is 0 Å². The smallest absolute Gasteiger partial charge is 0.335 e. The van der Waals surface area contributed by atoms with E-state index in [-0.39, 0.29) is 25.0 Å². The van der Waals surface area contributed by atoms with Gasteiger partial charge in [0.05, 0.1) is 60.0 Å². The van der Waals surface area contributed by atoms with Crippen molar-refractivity contribution in [2.75, 3.05) is 20.4 Å². The Morgan fingerprint density at radius 1 is 0.422 bits per heavy atom. The zero-order valence-electron chi connectivity index (χ0n) is 40.0. The highest BCUT2D eigenvalue weighted by molar-refractivity contribution is 7.88. The zero-order chi connectivity index (χ0) is 62.0. The van der Waals surface area contributed by atoms with Gasteiger partial charge in [0.1, 0.15) is 19.6 Å². The summed E-state index contributed by atoms with van der Waals surface area (Å²) in [6.45, 7) is 0. The third kappa shape index (κ3) is 12.8. The number of benzene rings is 7. The van der Waals surface area contributed by atoms with Gasteiger partial charge in [0.15, 0.2) is 0 Å². The number of rotatable bonds is 19. The Balaban J connectivity index is 1.35. The Kier molecular flexibility index (Phi) is 15.9. The minimum absolute atomic E-state index is 0.111. The van der Waals surface area contributed by atoms with Gasteiger partial charge in [-0.05, 0) is 91.0 Å². The third-order valence-electron chi connectivity index (χ3n) is 11.5. The fourth-order valence-electron chi connectivity index (χ4n) is 8.06. The number of carbonyl (C=O) groups excluding carboxylic acids is 4. The van der Waals surface area contributed by atoms with Crippen molar-refractivity contribution >= 4 is 159 Å². The van der Waals surface area contributed by atoms with Crippen LogP contribution in [0, 0.1) is 10.1 Å². The number of nitrogens with one attached hydrogen (secondary N) is 2. The molecular formula is C44H29N5O28S6. The van der Waals surface area contributed by atoms with Crippen molar-refractivity contribution in [1.82, 2.24) is 0 Å². The van der Waals surface area contributed by atoms with Crippen molar-refractivity contribution in [1.29, 1.82) is 0 Å². The lowest BCUT2D eigenvalue weighted by Gasteiger charge is -2.23. The van der Waals surface area contributed by atoms with E-state index in [0.29, 0.717) is 82.6 Å². The molecule has 7 rings (SSSR count). The van der Waals surface area contributed by atoms with Crippen molar-refractivity contribution in [3.8, 4) is 0 Å². The van der Waals surface area contributed by atoms with E-state index in [4.69, 9.17) is 0 Å². The highest BCUT2D eigenvalue weighted by Crippen LogP contribution is 2.41. The van der Waals surface area contributed by atoms with Crippen molar-refractivity contribution in [2.24, 2.45) is 0 Å². The van der Waals surface area contributed by atoms with E-state index in [1.54, 1.807) is 0 Å². The molecule has 0 aliphatic heterocycles. The molecule has 4 amide bonds. The number of non-ortho nitro benzene ring substituents is 1. The van der Waals surface area contributed by atoms with E-state index in [1.807, 2.05) is 0 Å². The number of aromatic carboxylic acids is 2. The molecule has 0 unspecified atom stereocenters. The summed E-state index contributed by atoms with van der Waals surface area (Å²) in [5.41, 5.74) is -8.54. The van der Waals surface area contributed by atoms with Crippen molar-refractivity contribution < 1.29 is 122 Å². The molecule has 33 nitrogen and oxygen atoms in total. The number of carboxylic acids is 2. The Labute approximate surface area is 463 Å². The molecule has 7 aromatic rings. The molecule has 0 radical (unpaired) electrons. The monoisotopic (exact) mass is 1270 g/mol. The first kappa shape index (κ1) is 61.4. The van der Waals surface area contributed by atoms with Crippen molar-refractivity contribution in [2.45, 2.75) is 29.4 Å². The first-order valence-corrected chi connectivity index (χ1v) is 30.0. The molecule has 10 N–H and O–H groups in total. The Morgan fingerprint density at radius 3 is 1.01 bits per heavy atom. The number of nitrogens with zero attached hydrogens (tertiary/aromatic N) is 3. The summed E-state index contributed by atoms with van der Waals surface area (Å²) in [5.74, 6) is -6.61. The molecular weight excluding hydrogens is 1240 g/mol. The Hall–Kier alpha value is -9.26. The lowest BCUT2D eigenvalue weighted by Crippen LogP contribution is -2.20. The quantitative estimate of drug-likeness (QED) is 0.0238. The van der Waals surface area contributed by atoms with E-state index in [1.165, 1.54) is 0 Å². The molecule has 0 aromatic heterocycles. The molecule has 0 saturated heterocycles. The SMILES string of the molecule is O=CN(c1cc(C(=O)O)cc(C(=O)Nc2ccc(S(=O)(=O)O)c3cc(S(=O)(=O)O)cc(S(=O)(=O)O)c23)c1)c1cc(N(C=O)c2cc(C(=O)O)cc(C(=O)Nc3ccc(S(=O)(=O)O)c4cc(S(=O)(=O)O)cc(S(=O)(=O)O)c34)c2)cc([N+](=O)[O-])c1. The largest absolute Gasteiger partial charge is 0.478 e. The second-order valence-electron chi connectivity index (χ2n) is 16.7. The van der Waals surface area contributed by atoms with Gasteiger partial charge in [-0.25, -0.2) is 9.59 Å². The van der Waals surface area contributed by atoms with Crippen LogP contribution in [0.15, 0.2) is 133 Å². The van der Waals surface area contributed by atoms with Crippen LogP contribution in [-0.2, 0) is 70.3 Å². The Morgan fingerprint density at radius 2 is 0.735 bits per heavy atom. The molecule has 0 saturated carbocycles. The summed E-state index contributed by atoms with van der Waals surface area (Å²) < 4.78 is 207. The van der Waals surface area contributed by atoms with Crippen LogP contribution >= 0.6 is 0 Å². The van der Waals surface area contributed by atoms with E-state index in [9.17, 15) is 127 Å². The second-order valence-corrected chi connectivity index (χ2v) is 25.1. The van der Waals surface area contributed by atoms with Gasteiger partial charge < -0.3 is 20.8 Å². The van der Waals surface area contributed by atoms with Crippen molar-refractivity contribution in [3.05, 3.63) is 135 Å². The number of amides is 4. The maximum absolute atomic E-state index is 14.0. The van der Waals surface area contributed by atoms with E-state index in [0.717, 1.165) is 18.2 Å². The molecule has 0 bridgehead atoms. The summed E-state index contributed by atoms with van der Waals surface area (Å²) in [6, 6.07) is 9.48. The summed E-state index contributed by atoms with van der Waals surface area (Å²) in [4.78, 5) is 83.1. The van der Waals surface area contributed by atoms with Gasteiger partial charge in [0.2, 0.25) is 12.8 Å². The molecule has 0 aliphatic carbocycles. The predicted octanol–water partition coefficient (Wildman–Crippen LogP) is 3.87. The molecule has 39 heteroatoms. The Bertz CT molecular complexity index is 4530. The number of hydrogen-bond donors (Lipinski definition) is 10. The lowest BCUT2D eigenvalue weighted by molar-refractivity contribution is -0.384. The van der Waals surface area contributed by atoms with Crippen LogP contribution in [0.1, 0.15) is 41.4 Å². The fourth-order valence-corrected chi connectivity index (χ4v) is 12.1. The second kappa shape index (κ2) is 21.6. The van der Waals surface area contributed by atoms with Gasteiger partial charge in [-0.15, -0.1) is 0 Å². The number of nitro groups is 1. The van der Waals surface area contributed by atoms with Crippen LogP contribution in [-0.4, -0.2) is 130 Å². The molecule has 0 fully saturated rings. The highest BCUT2D eigenvalue weighted by atomic mass is 32.2. The van der Waals surface area contributed by atoms with Gasteiger partial charge >= 0.3 is 11.9 Å². The number of carbonyl (C=O) groups is 6. The number of carboxylic acid groups (broad SMARTS) is 2. The molecule has 0 heterocycles. The zero-order valence-corrected chi connectivity index (χ0v) is 44.9. The van der Waals surface area contributed by atoms with Gasteiger partial charge in [0.25, 0.3) is 78.2 Å². The number of anilines is 6. The summed E-state index contributed by atoms with van der Waals surface area (Å²) in [7, 11) is -33.0. The molecule has 434 valence electrons.